The fraction of sp³-hybridized carbons (Fsp3) is 0. The molecule has 0 saturated heterocycles. The van der Waals surface area contributed by atoms with Gasteiger partial charge in [-0.25, -0.2) is 14.3 Å². The first kappa shape index (κ1) is 15.2. The maximum atomic E-state index is 11.5. The number of aromatic carboxylic acids is 2. The highest BCUT2D eigenvalue weighted by molar-refractivity contribution is 6.04. The minimum absolute atomic E-state index is 0.122. The molecule has 2 aromatic carbocycles. The summed E-state index contributed by atoms with van der Waals surface area (Å²) in [6.45, 7) is 0. The number of carboxylic acid groups (broad SMARTS) is 2. The number of carbonyl (C=O) groups is 2. The van der Waals surface area contributed by atoms with Gasteiger partial charge in [0.05, 0.1) is 23.0 Å². The van der Waals surface area contributed by atoms with Gasteiger partial charge in [-0.05, 0) is 24.3 Å². The van der Waals surface area contributed by atoms with Crippen LogP contribution in [0.1, 0.15) is 20.7 Å². The van der Waals surface area contributed by atoms with Crippen LogP contribution >= 0.6 is 0 Å². The van der Waals surface area contributed by atoms with E-state index in [4.69, 9.17) is 5.73 Å². The van der Waals surface area contributed by atoms with Gasteiger partial charge in [0.1, 0.15) is 5.69 Å². The number of aromatic nitrogens is 3. The number of benzene rings is 2. The van der Waals surface area contributed by atoms with Crippen LogP contribution in [0.25, 0.3) is 16.9 Å². The molecule has 0 amide bonds. The molecule has 0 aliphatic heterocycles. The maximum Gasteiger partial charge on any atom is 0.338 e. The summed E-state index contributed by atoms with van der Waals surface area (Å²) >= 11 is 0. The van der Waals surface area contributed by atoms with Gasteiger partial charge >= 0.3 is 11.9 Å². The van der Waals surface area contributed by atoms with Crippen molar-refractivity contribution in [3.8, 4) is 16.9 Å². The van der Waals surface area contributed by atoms with Gasteiger partial charge in [0.25, 0.3) is 0 Å². The van der Waals surface area contributed by atoms with Gasteiger partial charge in [-0.15, -0.1) is 5.10 Å². The molecule has 120 valence electrons. The Morgan fingerprint density at radius 1 is 1.00 bits per heavy atom. The molecule has 0 saturated carbocycles. The van der Waals surface area contributed by atoms with Crippen LogP contribution in [0.15, 0.2) is 48.7 Å². The molecule has 0 unspecified atom stereocenters. The molecule has 4 N–H and O–H groups in total. The van der Waals surface area contributed by atoms with Gasteiger partial charge in [0, 0.05) is 11.3 Å². The number of hydrogen-bond donors (Lipinski definition) is 3. The van der Waals surface area contributed by atoms with Crippen molar-refractivity contribution < 1.29 is 19.8 Å². The van der Waals surface area contributed by atoms with E-state index >= 15 is 0 Å². The lowest BCUT2D eigenvalue weighted by Crippen LogP contribution is -2.13. The minimum atomic E-state index is -1.35. The Morgan fingerprint density at radius 3 is 2.33 bits per heavy atom. The smallest absolute Gasteiger partial charge is 0.338 e. The van der Waals surface area contributed by atoms with Gasteiger partial charge in [-0.1, -0.05) is 23.4 Å². The Kier molecular flexibility index (Phi) is 3.70. The molecule has 0 radical (unpaired) electrons. The second kappa shape index (κ2) is 5.84. The molecule has 0 bridgehead atoms. The van der Waals surface area contributed by atoms with E-state index in [0.717, 1.165) is 5.56 Å². The number of carboxylic acids is 2. The standard InChI is InChI=1S/C16H12N4O4/c17-10-6-4-9(5-7-10)12-8-20(19-18-12)13-3-1-2-11(15(21)22)14(13)16(23)24/h1-8H,17H2,(H,21,22)(H,23,24). The molecule has 0 atom stereocenters. The first-order chi connectivity index (χ1) is 11.5. The van der Waals surface area contributed by atoms with Gasteiger partial charge in [0.2, 0.25) is 0 Å². The zero-order valence-electron chi connectivity index (χ0n) is 12.2. The SMILES string of the molecule is Nc1ccc(-c2cn(-c3cccc(C(=O)O)c3C(=O)O)nn2)cc1. The molecule has 0 aliphatic rings. The summed E-state index contributed by atoms with van der Waals surface area (Å²) in [5.74, 6) is -2.68. The van der Waals surface area contributed by atoms with E-state index in [2.05, 4.69) is 10.3 Å². The number of nitrogens with two attached hydrogens (primary N) is 1. The van der Waals surface area contributed by atoms with Crippen LogP contribution in [0.3, 0.4) is 0 Å². The second-order valence-corrected chi connectivity index (χ2v) is 4.98. The number of nitrogens with zero attached hydrogens (tertiary/aromatic N) is 3. The molecule has 0 aliphatic carbocycles. The molecule has 3 aromatic rings. The lowest BCUT2D eigenvalue weighted by molar-refractivity contribution is 0.0651. The number of anilines is 1. The highest BCUT2D eigenvalue weighted by Crippen LogP contribution is 2.22. The molecular weight excluding hydrogens is 312 g/mol. The third-order valence-corrected chi connectivity index (χ3v) is 3.43. The van der Waals surface area contributed by atoms with Crippen LogP contribution in [0.5, 0.6) is 0 Å². The van der Waals surface area contributed by atoms with Crippen molar-refractivity contribution in [2.75, 3.05) is 5.73 Å². The topological polar surface area (TPSA) is 131 Å². The van der Waals surface area contributed by atoms with Gasteiger partial charge < -0.3 is 15.9 Å². The predicted molar refractivity (Wildman–Crippen MR) is 85.1 cm³/mol. The number of rotatable bonds is 4. The van der Waals surface area contributed by atoms with E-state index < -0.39 is 11.9 Å². The van der Waals surface area contributed by atoms with Gasteiger partial charge in [-0.3, -0.25) is 0 Å². The van der Waals surface area contributed by atoms with Crippen molar-refractivity contribution >= 4 is 17.6 Å². The van der Waals surface area contributed by atoms with Crippen molar-refractivity contribution in [3.63, 3.8) is 0 Å². The lowest BCUT2D eigenvalue weighted by Gasteiger charge is -2.08. The number of hydrogen-bond acceptors (Lipinski definition) is 5. The largest absolute Gasteiger partial charge is 0.478 e. The third kappa shape index (κ3) is 2.68. The van der Waals surface area contributed by atoms with Crippen LogP contribution < -0.4 is 5.73 Å². The van der Waals surface area contributed by atoms with Crippen molar-refractivity contribution in [2.24, 2.45) is 0 Å². The molecule has 1 aromatic heterocycles. The minimum Gasteiger partial charge on any atom is -0.478 e. The monoisotopic (exact) mass is 324 g/mol. The third-order valence-electron chi connectivity index (χ3n) is 3.43. The van der Waals surface area contributed by atoms with Crippen molar-refractivity contribution in [1.29, 1.82) is 0 Å². The van der Waals surface area contributed by atoms with E-state index in [-0.39, 0.29) is 16.8 Å². The highest BCUT2D eigenvalue weighted by atomic mass is 16.4. The Labute approximate surface area is 135 Å². The molecule has 0 fully saturated rings. The molecule has 1 heterocycles. The average Bonchev–Trinajstić information content (AvgIpc) is 3.04. The van der Waals surface area contributed by atoms with Crippen LogP contribution in [0.2, 0.25) is 0 Å². The van der Waals surface area contributed by atoms with E-state index in [1.165, 1.54) is 29.1 Å². The summed E-state index contributed by atoms with van der Waals surface area (Å²) in [6, 6.07) is 11.1. The first-order valence-corrected chi connectivity index (χ1v) is 6.85. The van der Waals surface area contributed by atoms with Gasteiger partial charge in [-0.2, -0.15) is 0 Å². The zero-order valence-corrected chi connectivity index (χ0v) is 12.2. The molecule has 8 heteroatoms. The number of nitrogen functional groups attached to an aromatic ring is 1. The summed E-state index contributed by atoms with van der Waals surface area (Å²) in [4.78, 5) is 22.7. The van der Waals surface area contributed by atoms with Crippen molar-refractivity contribution in [3.05, 3.63) is 59.8 Å². The predicted octanol–water partition coefficient (Wildman–Crippen LogP) is 1.91. The fourth-order valence-electron chi connectivity index (χ4n) is 2.30. The first-order valence-electron chi connectivity index (χ1n) is 6.85. The Morgan fingerprint density at radius 2 is 1.71 bits per heavy atom. The summed E-state index contributed by atoms with van der Waals surface area (Å²) in [5, 5.41) is 26.5. The summed E-state index contributed by atoms with van der Waals surface area (Å²) in [6.07, 6.45) is 1.53. The Balaban J connectivity index is 2.11. The average molecular weight is 324 g/mol. The van der Waals surface area contributed by atoms with Crippen molar-refractivity contribution in [1.82, 2.24) is 15.0 Å². The Hall–Kier alpha value is -3.68. The molecule has 24 heavy (non-hydrogen) atoms. The van der Waals surface area contributed by atoms with Crippen LogP contribution in [-0.4, -0.2) is 37.1 Å². The summed E-state index contributed by atoms with van der Waals surface area (Å²) < 4.78 is 1.24. The van der Waals surface area contributed by atoms with Crippen LogP contribution in [-0.2, 0) is 0 Å². The lowest BCUT2D eigenvalue weighted by atomic mass is 10.1. The Bertz CT molecular complexity index is 932. The molecule has 8 nitrogen and oxygen atoms in total. The molecule has 0 spiro atoms. The van der Waals surface area contributed by atoms with E-state index in [9.17, 15) is 19.8 Å². The maximum absolute atomic E-state index is 11.5. The van der Waals surface area contributed by atoms with E-state index in [0.29, 0.717) is 11.4 Å². The van der Waals surface area contributed by atoms with Gasteiger partial charge in [0.15, 0.2) is 0 Å². The summed E-state index contributed by atoms with van der Waals surface area (Å²) in [7, 11) is 0. The highest BCUT2D eigenvalue weighted by Gasteiger charge is 2.21. The van der Waals surface area contributed by atoms with Crippen molar-refractivity contribution in [2.45, 2.75) is 0 Å². The van der Waals surface area contributed by atoms with E-state index in [1.807, 2.05) is 0 Å². The zero-order chi connectivity index (χ0) is 17.3. The van der Waals surface area contributed by atoms with Crippen LogP contribution in [0, 0.1) is 0 Å². The van der Waals surface area contributed by atoms with Crippen LogP contribution in [0.4, 0.5) is 5.69 Å². The molecular formula is C16H12N4O4. The quantitative estimate of drug-likeness (QED) is 0.624. The normalized spacial score (nSPS) is 10.5. The fourth-order valence-corrected chi connectivity index (χ4v) is 2.30. The summed E-state index contributed by atoms with van der Waals surface area (Å²) in [5.41, 5.74) is 6.96. The molecule has 3 rings (SSSR count). The van der Waals surface area contributed by atoms with E-state index in [1.54, 1.807) is 24.3 Å². The second-order valence-electron chi connectivity index (χ2n) is 4.98.